The molecule has 2 unspecified atom stereocenters. The van der Waals surface area contributed by atoms with Gasteiger partial charge in [0.25, 0.3) is 12.8 Å². The molecular formula is C4H5F8OP. The molecule has 0 heterocycles. The Morgan fingerprint density at radius 2 is 1.21 bits per heavy atom. The van der Waals surface area contributed by atoms with Crippen molar-refractivity contribution >= 4 is 9.90 Å². The molecule has 14 heavy (non-hydrogen) atoms. The second-order valence-corrected chi connectivity index (χ2v) is 1.82. The van der Waals surface area contributed by atoms with Gasteiger partial charge in [-0.1, -0.05) is 0 Å². The summed E-state index contributed by atoms with van der Waals surface area (Å²) in [6.45, 7) is 0. The molecule has 10 heteroatoms. The first-order chi connectivity index (χ1) is 5.58. The molecule has 88 valence electrons. The van der Waals surface area contributed by atoms with Crippen molar-refractivity contribution in [3.05, 3.63) is 0 Å². The zero-order valence-corrected chi connectivity index (χ0v) is 7.71. The molecule has 0 bridgehead atoms. The Balaban J connectivity index is 0. The van der Waals surface area contributed by atoms with Gasteiger partial charge in [-0.3, -0.25) is 4.74 Å². The predicted octanol–water partition coefficient (Wildman–Crippen LogP) is 2.78. The summed E-state index contributed by atoms with van der Waals surface area (Å²) < 4.78 is 92.8. The van der Waals surface area contributed by atoms with Gasteiger partial charge >= 0.3 is 12.3 Å². The molecule has 0 N–H and O–H groups in total. The molecule has 0 amide bonds. The average Bonchev–Trinajstić information content (AvgIpc) is 1.83. The van der Waals surface area contributed by atoms with Crippen molar-refractivity contribution < 1.29 is 39.9 Å². The summed E-state index contributed by atoms with van der Waals surface area (Å²) in [6.07, 6.45) is -20.2. The summed E-state index contributed by atoms with van der Waals surface area (Å²) >= 11 is 0. The molecule has 0 rings (SSSR count). The van der Waals surface area contributed by atoms with Crippen LogP contribution in [0.3, 0.4) is 0 Å². The molecule has 0 saturated heterocycles. The highest BCUT2D eigenvalue weighted by Gasteiger charge is 2.61. The van der Waals surface area contributed by atoms with Crippen LogP contribution >= 0.6 is 9.90 Å². The summed E-state index contributed by atoms with van der Waals surface area (Å²) in [6, 6.07) is 0. The topological polar surface area (TPSA) is 9.23 Å². The van der Waals surface area contributed by atoms with Crippen LogP contribution in [0.2, 0.25) is 0 Å². The lowest BCUT2D eigenvalue weighted by atomic mass is 10.6. The summed E-state index contributed by atoms with van der Waals surface area (Å²) in [4.78, 5) is 0. The van der Waals surface area contributed by atoms with E-state index in [1.807, 2.05) is 0 Å². The Hall–Kier alpha value is -0.170. The van der Waals surface area contributed by atoms with E-state index in [-0.39, 0.29) is 9.90 Å². The molecule has 0 spiro atoms. The van der Waals surface area contributed by atoms with E-state index in [2.05, 4.69) is 4.74 Å². The fourth-order valence-corrected chi connectivity index (χ4v) is 0.260. The summed E-state index contributed by atoms with van der Waals surface area (Å²) in [7, 11) is 0. The van der Waals surface area contributed by atoms with E-state index in [0.717, 1.165) is 0 Å². The molecule has 0 aliphatic heterocycles. The highest BCUT2D eigenvalue weighted by molar-refractivity contribution is 6.92. The Labute approximate surface area is 76.0 Å². The maximum Gasteiger partial charge on any atom is 0.483 e. The Morgan fingerprint density at radius 1 is 0.857 bits per heavy atom. The first kappa shape index (κ1) is 16.3. The van der Waals surface area contributed by atoms with Gasteiger partial charge in [-0.05, 0) is 0 Å². The number of rotatable bonds is 3. The number of alkyl halides is 8. The van der Waals surface area contributed by atoms with E-state index < -0.39 is 25.1 Å². The lowest BCUT2D eigenvalue weighted by Gasteiger charge is -2.20. The van der Waals surface area contributed by atoms with E-state index in [1.54, 1.807) is 0 Å². The van der Waals surface area contributed by atoms with Crippen molar-refractivity contribution in [3.63, 3.8) is 0 Å². The van der Waals surface area contributed by atoms with E-state index in [1.165, 1.54) is 0 Å². The molecule has 0 fully saturated rings. The molecule has 0 radical (unpaired) electrons. The van der Waals surface area contributed by atoms with E-state index in [9.17, 15) is 35.1 Å². The van der Waals surface area contributed by atoms with Crippen LogP contribution < -0.4 is 0 Å². The van der Waals surface area contributed by atoms with Crippen LogP contribution in [0.15, 0.2) is 0 Å². The van der Waals surface area contributed by atoms with Gasteiger partial charge in [0.15, 0.2) is 0 Å². The van der Waals surface area contributed by atoms with Crippen LogP contribution in [0.1, 0.15) is 0 Å². The smallest absolute Gasteiger partial charge is 0.272 e. The predicted molar refractivity (Wildman–Crippen MR) is 34.1 cm³/mol. The fraction of sp³-hybridized carbons (Fsp3) is 1.00. The van der Waals surface area contributed by atoms with Crippen molar-refractivity contribution in [1.82, 2.24) is 0 Å². The van der Waals surface area contributed by atoms with E-state index in [0.29, 0.717) is 0 Å². The van der Waals surface area contributed by atoms with Crippen LogP contribution in [0, 0.1) is 0 Å². The Morgan fingerprint density at radius 3 is 1.43 bits per heavy atom. The average molecular weight is 252 g/mol. The number of halogens is 8. The van der Waals surface area contributed by atoms with Crippen molar-refractivity contribution in [1.29, 1.82) is 0 Å². The maximum absolute atomic E-state index is 11.6. The Bertz CT molecular complexity index is 167. The molecule has 0 saturated carbocycles. The van der Waals surface area contributed by atoms with Crippen molar-refractivity contribution in [2.45, 2.75) is 25.1 Å². The number of hydrogen-bond acceptors (Lipinski definition) is 1. The zero-order chi connectivity index (χ0) is 10.9. The van der Waals surface area contributed by atoms with Gasteiger partial charge in [-0.2, -0.15) is 31.9 Å². The molecule has 1 nitrogen and oxygen atoms in total. The highest BCUT2D eigenvalue weighted by atomic mass is 31.0. The summed E-state index contributed by atoms with van der Waals surface area (Å²) in [5.74, 6) is 0. The van der Waals surface area contributed by atoms with Gasteiger partial charge in [0, 0.05) is 0 Å². The standard InChI is InChI=1S/C4H2F8O.H3P/c5-1(6)2(7)13-4(11,12)3(8,9)10;/h1-2H;1H3. The SMILES string of the molecule is FC(F)C(F)OC(F)(F)C(F)(F)F.P. The third kappa shape index (κ3) is 4.36. The molecular weight excluding hydrogens is 247 g/mol. The molecule has 0 aliphatic rings. The van der Waals surface area contributed by atoms with E-state index >= 15 is 0 Å². The van der Waals surface area contributed by atoms with Gasteiger partial charge < -0.3 is 0 Å². The zero-order valence-electron chi connectivity index (χ0n) is 6.29. The van der Waals surface area contributed by atoms with Gasteiger partial charge in [0.2, 0.25) is 0 Å². The largest absolute Gasteiger partial charge is 0.483 e. The van der Waals surface area contributed by atoms with E-state index in [4.69, 9.17) is 0 Å². The second-order valence-electron chi connectivity index (χ2n) is 1.82. The van der Waals surface area contributed by atoms with Crippen LogP contribution in [0.5, 0.6) is 0 Å². The van der Waals surface area contributed by atoms with Crippen LogP contribution in [-0.2, 0) is 4.74 Å². The van der Waals surface area contributed by atoms with Crippen LogP contribution in [-0.4, -0.2) is 25.1 Å². The minimum atomic E-state index is -6.22. The van der Waals surface area contributed by atoms with Gasteiger partial charge in [0.05, 0.1) is 0 Å². The summed E-state index contributed by atoms with van der Waals surface area (Å²) in [5.41, 5.74) is 0. The van der Waals surface area contributed by atoms with Crippen molar-refractivity contribution in [3.8, 4) is 0 Å². The van der Waals surface area contributed by atoms with Gasteiger partial charge in [-0.15, -0.1) is 0 Å². The molecule has 0 aromatic carbocycles. The quantitative estimate of drug-likeness (QED) is 0.554. The Kier molecular flexibility index (Phi) is 5.88. The van der Waals surface area contributed by atoms with Crippen molar-refractivity contribution in [2.24, 2.45) is 0 Å². The molecule has 0 aliphatic carbocycles. The molecule has 0 aromatic rings. The number of ether oxygens (including phenoxy) is 1. The number of hydrogen-bond donors (Lipinski definition) is 0. The minimum Gasteiger partial charge on any atom is -0.272 e. The normalized spacial score (nSPS) is 15.2. The third-order valence-corrected chi connectivity index (χ3v) is 0.789. The second kappa shape index (κ2) is 5.06. The first-order valence-electron chi connectivity index (χ1n) is 2.62. The van der Waals surface area contributed by atoms with Crippen LogP contribution in [0.4, 0.5) is 35.1 Å². The molecule has 2 atom stereocenters. The molecule has 0 aromatic heterocycles. The van der Waals surface area contributed by atoms with Crippen LogP contribution in [0.25, 0.3) is 0 Å². The monoisotopic (exact) mass is 252 g/mol. The third-order valence-electron chi connectivity index (χ3n) is 0.789. The fourth-order valence-electron chi connectivity index (χ4n) is 0.260. The van der Waals surface area contributed by atoms with Crippen molar-refractivity contribution in [2.75, 3.05) is 0 Å². The lowest BCUT2D eigenvalue weighted by molar-refractivity contribution is -0.420. The van der Waals surface area contributed by atoms with Gasteiger partial charge in [0.1, 0.15) is 0 Å². The van der Waals surface area contributed by atoms with Gasteiger partial charge in [-0.25, -0.2) is 13.2 Å². The summed E-state index contributed by atoms with van der Waals surface area (Å²) in [5, 5.41) is 0. The lowest BCUT2D eigenvalue weighted by Crippen LogP contribution is -2.42. The minimum absolute atomic E-state index is 0. The highest BCUT2D eigenvalue weighted by Crippen LogP contribution is 2.37. The first-order valence-corrected chi connectivity index (χ1v) is 2.62. The maximum atomic E-state index is 11.6.